The van der Waals surface area contributed by atoms with Gasteiger partial charge in [-0.1, -0.05) is 341 Å². The van der Waals surface area contributed by atoms with E-state index >= 15 is 0 Å². The molecule has 0 aliphatic carbocycles. The molecule has 2 aromatic heterocycles. The van der Waals surface area contributed by atoms with Crippen LogP contribution in [0.1, 0.15) is 79.0 Å². The van der Waals surface area contributed by atoms with Gasteiger partial charge in [0.15, 0.2) is 0 Å². The van der Waals surface area contributed by atoms with Crippen molar-refractivity contribution in [1.29, 1.82) is 0 Å². The molecule has 0 saturated carbocycles. The smallest absolute Gasteiger partial charge is 0.252 e. The third kappa shape index (κ3) is 10.5. The Hall–Kier alpha value is -14.5. The summed E-state index contributed by atoms with van der Waals surface area (Å²) in [5, 5.41) is 20.7. The van der Waals surface area contributed by atoms with Crippen LogP contribution in [-0.2, 0) is 16.2 Å². The molecule has 0 unspecified atom stereocenters. The lowest BCUT2D eigenvalue weighted by Crippen LogP contribution is -2.61. The summed E-state index contributed by atoms with van der Waals surface area (Å²) >= 11 is 0. The number of rotatable bonds is 10. The van der Waals surface area contributed by atoms with Gasteiger partial charge in [-0.15, -0.1) is 0 Å². The number of aromatic nitrogens is 2. The number of hydrogen-bond acceptors (Lipinski definition) is 2. The molecule has 0 radical (unpaired) electrons. The lowest BCUT2D eigenvalue weighted by Gasteiger charge is -2.46. The highest BCUT2D eigenvalue weighted by molar-refractivity contribution is 7.00. The monoisotopic (exact) mass is 1570 g/mol. The Kier molecular flexibility index (Phi) is 15.1. The highest BCUT2D eigenvalue weighted by Crippen LogP contribution is 2.58. The van der Waals surface area contributed by atoms with Crippen molar-refractivity contribution in [2.45, 2.75) is 78.6 Å². The quantitative estimate of drug-likeness (QED) is 0.0771. The van der Waals surface area contributed by atoms with E-state index in [2.05, 4.69) is 445 Å². The largest absolute Gasteiger partial charge is 0.310 e. The van der Waals surface area contributed by atoms with Gasteiger partial charge in [-0.2, -0.15) is 0 Å². The zero-order valence-corrected chi connectivity index (χ0v) is 70.5. The van der Waals surface area contributed by atoms with Gasteiger partial charge in [0.25, 0.3) is 6.71 Å². The summed E-state index contributed by atoms with van der Waals surface area (Å²) in [5.74, 6) is 0. The lowest BCUT2D eigenvalue weighted by atomic mass is 9.33. The number of fused-ring (bicyclic) bond motifs is 6. The van der Waals surface area contributed by atoms with Crippen molar-refractivity contribution in [3.63, 3.8) is 0 Å². The highest BCUT2D eigenvalue weighted by atomic mass is 15.2. The van der Waals surface area contributed by atoms with Gasteiger partial charge in [0.2, 0.25) is 0 Å². The van der Waals surface area contributed by atoms with Gasteiger partial charge in [-0.05, 0) is 243 Å². The average Bonchev–Trinajstić information content (AvgIpc) is 1.63. The maximum atomic E-state index is 2.78. The molecule has 0 spiro atoms. The van der Waals surface area contributed by atoms with E-state index in [0.29, 0.717) is 0 Å². The Morgan fingerprint density at radius 2 is 0.512 bits per heavy atom. The molecule has 0 amide bonds. The van der Waals surface area contributed by atoms with Crippen LogP contribution in [0.5, 0.6) is 0 Å². The van der Waals surface area contributed by atoms with Crippen molar-refractivity contribution in [1.82, 2.24) is 9.13 Å². The fraction of sp³-hybridized carbons (Fsp3) is 0.102. The summed E-state index contributed by atoms with van der Waals surface area (Å²) in [5.41, 5.74) is 34.2. The van der Waals surface area contributed by atoms with Crippen molar-refractivity contribution < 1.29 is 0 Å². The van der Waals surface area contributed by atoms with Crippen LogP contribution in [0.3, 0.4) is 0 Å². The third-order valence-corrected chi connectivity index (χ3v) is 27.7. The summed E-state index contributed by atoms with van der Waals surface area (Å²) < 4.78 is 5.23. The lowest BCUT2D eigenvalue weighted by molar-refractivity contribution is 0.590. The molecular formula is C118H87BN4. The SMILES string of the molecule is CC(C)(C)c1cccc(-c2cc(-c3ccccc3)cc(-c3ccccc3)c2N2c3cc(-n4c5ccc6cccc7c8cccc9ccc4c(c98)c5c67)ccc3B3c4ccc(-n5c6ccc7cccc8c9cccc%10ccc5c(c%109)c6c78)cc4N(c4c(-c5ccccc5)cc(-c5ccccc5)cc4-c4cccc(C(C)(C)C)c4)c4cc(C(C)(C)C)cc2c43)c1. The fourth-order valence-electron chi connectivity index (χ4n) is 21.9. The van der Waals surface area contributed by atoms with Crippen LogP contribution in [-0.4, -0.2) is 15.8 Å². The molecule has 123 heavy (non-hydrogen) atoms. The van der Waals surface area contributed by atoms with Crippen molar-refractivity contribution in [2.75, 3.05) is 9.80 Å². The topological polar surface area (TPSA) is 16.3 Å². The number of nitrogens with zero attached hydrogens (tertiary/aromatic N) is 4. The Bertz CT molecular complexity index is 7610. The first-order valence-corrected chi connectivity index (χ1v) is 43.6. The summed E-state index contributed by atoms with van der Waals surface area (Å²) in [7, 11) is 0. The van der Waals surface area contributed by atoms with Gasteiger partial charge in [0.1, 0.15) is 0 Å². The molecule has 25 rings (SSSR count). The molecule has 4 heterocycles. The zero-order chi connectivity index (χ0) is 82.4. The van der Waals surface area contributed by atoms with E-state index in [1.54, 1.807) is 0 Å². The highest BCUT2D eigenvalue weighted by Gasteiger charge is 2.47. The van der Waals surface area contributed by atoms with E-state index in [1.165, 1.54) is 141 Å². The molecule has 21 aromatic carbocycles. The third-order valence-electron chi connectivity index (χ3n) is 27.7. The molecule has 5 heteroatoms. The standard InChI is InChI=1S/C118H87BN4/c1-116(2,3)82-42-22-40-78(60-82)93-64-80(70-28-14-10-15-29-70)62-91(72-32-18-12-19-33-72)114(93)122-101-68-85(120-97-56-48-74-36-24-44-87-88-45-25-37-75-49-57-98(120)110(106(75)88)109(97)105(74)87)52-54-95(101)119-96-55-53-86(121-99-58-50-76-38-26-46-89-90-47-27-39-77-51-59-100(121)112(108(77)90)111(99)107(76)89)69-102(96)123(104-67-84(118(7,8)9)66-103(122)113(104)119)115-92(73-34-20-13-21-35-73)63-81(71-30-16-11-17-31-71)65-94(115)79-41-23-43-83(61-79)117(4,5)6/h10-69H,1-9H3. The van der Waals surface area contributed by atoms with Gasteiger partial charge < -0.3 is 18.9 Å². The van der Waals surface area contributed by atoms with Gasteiger partial charge in [-0.25, -0.2) is 0 Å². The summed E-state index contributed by atoms with van der Waals surface area (Å²) in [6, 6.07) is 141. The normalized spacial score (nSPS) is 13.2. The van der Waals surface area contributed by atoms with E-state index in [-0.39, 0.29) is 17.5 Å². The van der Waals surface area contributed by atoms with E-state index in [0.717, 1.165) is 112 Å². The number of anilines is 6. The molecule has 0 atom stereocenters. The predicted molar refractivity (Wildman–Crippen MR) is 528 cm³/mol. The second kappa shape index (κ2) is 26.0. The molecule has 0 N–H and O–H groups in total. The van der Waals surface area contributed by atoms with Crippen molar-refractivity contribution in [2.24, 2.45) is 0 Å². The molecule has 0 saturated heterocycles. The van der Waals surface area contributed by atoms with E-state index < -0.39 is 5.41 Å². The minimum Gasteiger partial charge on any atom is -0.310 e. The Morgan fingerprint density at radius 1 is 0.211 bits per heavy atom. The Labute approximate surface area is 716 Å². The first-order valence-electron chi connectivity index (χ1n) is 43.6. The summed E-state index contributed by atoms with van der Waals surface area (Å²) in [6.45, 7) is 21.1. The second-order valence-electron chi connectivity index (χ2n) is 37.9. The maximum absolute atomic E-state index is 2.78. The second-order valence-corrected chi connectivity index (χ2v) is 37.9. The van der Waals surface area contributed by atoms with Crippen LogP contribution in [0.15, 0.2) is 364 Å². The van der Waals surface area contributed by atoms with Crippen LogP contribution in [0.4, 0.5) is 34.1 Å². The Morgan fingerprint density at radius 3 is 0.837 bits per heavy atom. The molecule has 0 bridgehead atoms. The average molecular weight is 1570 g/mol. The minimum absolute atomic E-state index is 0.162. The molecule has 4 nitrogen and oxygen atoms in total. The van der Waals surface area contributed by atoms with Gasteiger partial charge in [0, 0.05) is 77.9 Å². The van der Waals surface area contributed by atoms with E-state index in [9.17, 15) is 0 Å². The van der Waals surface area contributed by atoms with Crippen LogP contribution in [0, 0.1) is 0 Å². The van der Waals surface area contributed by atoms with Crippen LogP contribution in [0.25, 0.3) is 186 Å². The van der Waals surface area contributed by atoms with Crippen molar-refractivity contribution in [3.05, 3.63) is 381 Å². The predicted octanol–water partition coefficient (Wildman–Crippen LogP) is 30.5. The molecule has 23 aromatic rings. The first kappa shape index (κ1) is 71.4. The molecule has 582 valence electrons. The van der Waals surface area contributed by atoms with Crippen LogP contribution < -0.4 is 26.2 Å². The van der Waals surface area contributed by atoms with Crippen molar-refractivity contribution in [3.8, 4) is 78.1 Å². The number of hydrogen-bond donors (Lipinski definition) is 0. The maximum Gasteiger partial charge on any atom is 0.252 e. The van der Waals surface area contributed by atoms with Crippen LogP contribution in [0.2, 0.25) is 0 Å². The Balaban J connectivity index is 0.864. The van der Waals surface area contributed by atoms with Gasteiger partial charge >= 0.3 is 0 Å². The van der Waals surface area contributed by atoms with Gasteiger partial charge in [0.05, 0.1) is 33.4 Å². The summed E-state index contributed by atoms with van der Waals surface area (Å²) in [4.78, 5) is 5.57. The van der Waals surface area contributed by atoms with E-state index in [1.807, 2.05) is 0 Å². The fourth-order valence-corrected chi connectivity index (χ4v) is 21.9. The number of benzene rings is 21. The zero-order valence-electron chi connectivity index (χ0n) is 70.5. The van der Waals surface area contributed by atoms with Crippen molar-refractivity contribution >= 4 is 165 Å². The molecule has 2 aliphatic rings. The minimum atomic E-state index is -0.397. The van der Waals surface area contributed by atoms with Gasteiger partial charge in [-0.3, -0.25) is 0 Å². The first-order chi connectivity index (χ1) is 59.9. The molecule has 2 aliphatic heterocycles. The van der Waals surface area contributed by atoms with Crippen LogP contribution >= 0.6 is 0 Å². The molecular weight excluding hydrogens is 1480 g/mol. The summed E-state index contributed by atoms with van der Waals surface area (Å²) in [6.07, 6.45) is 0. The van der Waals surface area contributed by atoms with E-state index in [4.69, 9.17) is 0 Å². The molecule has 0 fully saturated rings.